The number of hydrogen-bond donors (Lipinski definition) is 1. The average molecular weight is 212 g/mol. The van der Waals surface area contributed by atoms with Crippen LogP contribution in [0.4, 0.5) is 0 Å². The minimum absolute atomic E-state index is 0.0900. The maximum absolute atomic E-state index is 10.4. The lowest BCUT2D eigenvalue weighted by atomic mass is 10.1. The maximum Gasteiger partial charge on any atom is 0.304 e. The Morgan fingerprint density at radius 1 is 1.67 bits per heavy atom. The molecule has 1 aliphatic heterocycles. The number of nitrogens with zero attached hydrogens (tertiary/aromatic N) is 2. The molecule has 1 heterocycles. The van der Waals surface area contributed by atoms with Crippen LogP contribution in [0.25, 0.3) is 0 Å². The minimum Gasteiger partial charge on any atom is -0.481 e. The summed E-state index contributed by atoms with van der Waals surface area (Å²) < 4.78 is 5.32. The fourth-order valence-corrected chi connectivity index (χ4v) is 1.76. The first kappa shape index (κ1) is 12.0. The van der Waals surface area contributed by atoms with Crippen molar-refractivity contribution in [3.63, 3.8) is 0 Å². The summed E-state index contributed by atoms with van der Waals surface area (Å²) >= 11 is 0. The van der Waals surface area contributed by atoms with Crippen LogP contribution in [-0.2, 0) is 9.53 Å². The van der Waals surface area contributed by atoms with Crippen molar-refractivity contribution in [2.75, 3.05) is 26.2 Å². The summed E-state index contributed by atoms with van der Waals surface area (Å²) in [6.07, 6.45) is 2.23. The van der Waals surface area contributed by atoms with Crippen molar-refractivity contribution in [1.29, 1.82) is 5.26 Å². The van der Waals surface area contributed by atoms with Gasteiger partial charge in [-0.15, -0.1) is 0 Å². The molecule has 1 unspecified atom stereocenters. The third-order valence-electron chi connectivity index (χ3n) is 2.49. The van der Waals surface area contributed by atoms with Crippen LogP contribution >= 0.6 is 0 Å². The quantitative estimate of drug-likeness (QED) is 0.717. The number of carboxylic acids is 1. The second-order valence-electron chi connectivity index (χ2n) is 3.68. The van der Waals surface area contributed by atoms with Gasteiger partial charge < -0.3 is 14.7 Å². The molecule has 0 radical (unpaired) electrons. The Labute approximate surface area is 89.2 Å². The largest absolute Gasteiger partial charge is 0.481 e. The molecule has 0 amide bonds. The van der Waals surface area contributed by atoms with Gasteiger partial charge in [-0.25, -0.2) is 0 Å². The Hall–Kier alpha value is -1.12. The molecule has 0 aromatic rings. The van der Waals surface area contributed by atoms with Crippen molar-refractivity contribution < 1.29 is 14.6 Å². The topological polar surface area (TPSA) is 73.6 Å². The van der Waals surface area contributed by atoms with Gasteiger partial charge in [0.05, 0.1) is 18.6 Å². The molecule has 5 nitrogen and oxygen atoms in total. The number of carboxylic acid groups (broad SMARTS) is 1. The highest BCUT2D eigenvalue weighted by Gasteiger charge is 2.20. The van der Waals surface area contributed by atoms with Gasteiger partial charge in [-0.05, 0) is 19.4 Å². The van der Waals surface area contributed by atoms with Crippen molar-refractivity contribution in [3.05, 3.63) is 0 Å². The van der Waals surface area contributed by atoms with Crippen LogP contribution in [0, 0.1) is 11.3 Å². The second-order valence-corrected chi connectivity index (χ2v) is 3.68. The molecule has 5 heteroatoms. The minimum atomic E-state index is -0.768. The number of aliphatic carboxylic acids is 1. The smallest absolute Gasteiger partial charge is 0.304 e. The third-order valence-corrected chi connectivity index (χ3v) is 2.49. The number of piperidine rings is 1. The summed E-state index contributed by atoms with van der Waals surface area (Å²) in [5, 5.41) is 16.9. The Morgan fingerprint density at radius 3 is 3.13 bits per heavy atom. The molecule has 1 rings (SSSR count). The van der Waals surface area contributed by atoms with E-state index in [9.17, 15) is 4.79 Å². The van der Waals surface area contributed by atoms with Crippen LogP contribution in [0.5, 0.6) is 0 Å². The van der Waals surface area contributed by atoms with Gasteiger partial charge in [0.2, 0.25) is 0 Å². The van der Waals surface area contributed by atoms with E-state index in [2.05, 4.69) is 4.90 Å². The molecule has 1 fully saturated rings. The summed E-state index contributed by atoms with van der Waals surface area (Å²) in [5.74, 6) is -0.768. The Balaban J connectivity index is 2.23. The molecular weight excluding hydrogens is 196 g/mol. The Kier molecular flexibility index (Phi) is 5.08. The second kappa shape index (κ2) is 6.38. The number of nitriles is 1. The van der Waals surface area contributed by atoms with Gasteiger partial charge in [-0.1, -0.05) is 0 Å². The molecule has 1 saturated heterocycles. The summed E-state index contributed by atoms with van der Waals surface area (Å²) in [4.78, 5) is 12.5. The van der Waals surface area contributed by atoms with Crippen molar-refractivity contribution in [2.45, 2.75) is 25.4 Å². The summed E-state index contributed by atoms with van der Waals surface area (Å²) in [6.45, 7) is 2.37. The first-order valence-corrected chi connectivity index (χ1v) is 5.15. The average Bonchev–Trinajstić information content (AvgIpc) is 2.24. The molecule has 84 valence electrons. The summed E-state index contributed by atoms with van der Waals surface area (Å²) in [5.41, 5.74) is 0. The molecular formula is C10H16N2O3. The highest BCUT2D eigenvalue weighted by atomic mass is 16.5. The molecule has 0 bridgehead atoms. The van der Waals surface area contributed by atoms with E-state index >= 15 is 0 Å². The first-order valence-electron chi connectivity index (χ1n) is 5.15. The van der Waals surface area contributed by atoms with Crippen LogP contribution in [0.3, 0.4) is 0 Å². The number of rotatable bonds is 5. The van der Waals surface area contributed by atoms with Gasteiger partial charge in [0, 0.05) is 13.1 Å². The maximum atomic E-state index is 10.4. The van der Waals surface area contributed by atoms with Crippen LogP contribution in [0.1, 0.15) is 19.3 Å². The lowest BCUT2D eigenvalue weighted by Gasteiger charge is -2.31. The lowest BCUT2D eigenvalue weighted by Crippen LogP contribution is -2.40. The lowest BCUT2D eigenvalue weighted by molar-refractivity contribution is -0.137. The van der Waals surface area contributed by atoms with Gasteiger partial charge >= 0.3 is 5.97 Å². The standard InChI is InChI=1S/C10H16N2O3/c11-4-7-15-9-2-1-5-12(8-9)6-3-10(13)14/h9H,1-3,5-8H2,(H,13,14). The Bertz CT molecular complexity index is 250. The molecule has 1 N–H and O–H groups in total. The van der Waals surface area contributed by atoms with Crippen LogP contribution in [0.2, 0.25) is 0 Å². The third kappa shape index (κ3) is 4.77. The van der Waals surface area contributed by atoms with E-state index in [1.165, 1.54) is 0 Å². The van der Waals surface area contributed by atoms with Crippen molar-refractivity contribution in [2.24, 2.45) is 0 Å². The van der Waals surface area contributed by atoms with E-state index in [1.54, 1.807) is 0 Å². The van der Waals surface area contributed by atoms with Gasteiger partial charge in [0.15, 0.2) is 0 Å². The summed E-state index contributed by atoms with van der Waals surface area (Å²) in [7, 11) is 0. The van der Waals surface area contributed by atoms with Crippen molar-refractivity contribution >= 4 is 5.97 Å². The highest BCUT2D eigenvalue weighted by Crippen LogP contribution is 2.13. The number of carbonyl (C=O) groups is 1. The fourth-order valence-electron chi connectivity index (χ4n) is 1.76. The molecule has 0 aromatic carbocycles. The first-order chi connectivity index (χ1) is 7.22. The summed E-state index contributed by atoms with van der Waals surface area (Å²) in [6, 6.07) is 1.95. The monoisotopic (exact) mass is 212 g/mol. The van der Waals surface area contributed by atoms with E-state index in [0.29, 0.717) is 6.54 Å². The van der Waals surface area contributed by atoms with Crippen LogP contribution in [0.15, 0.2) is 0 Å². The van der Waals surface area contributed by atoms with E-state index in [0.717, 1.165) is 25.9 Å². The molecule has 0 saturated carbocycles. The molecule has 0 aromatic heterocycles. The zero-order chi connectivity index (χ0) is 11.1. The van der Waals surface area contributed by atoms with Crippen LogP contribution < -0.4 is 0 Å². The molecule has 0 aliphatic carbocycles. The van der Waals surface area contributed by atoms with Gasteiger partial charge in [-0.2, -0.15) is 5.26 Å². The number of ether oxygens (including phenoxy) is 1. The molecule has 1 atom stereocenters. The van der Waals surface area contributed by atoms with Gasteiger partial charge in [-0.3, -0.25) is 4.79 Å². The number of likely N-dealkylation sites (tertiary alicyclic amines) is 1. The van der Waals surface area contributed by atoms with Crippen molar-refractivity contribution in [1.82, 2.24) is 4.90 Å². The van der Waals surface area contributed by atoms with Crippen LogP contribution in [-0.4, -0.2) is 48.3 Å². The van der Waals surface area contributed by atoms with Gasteiger partial charge in [0.25, 0.3) is 0 Å². The zero-order valence-electron chi connectivity index (χ0n) is 8.69. The molecule has 1 aliphatic rings. The predicted molar refractivity (Wildman–Crippen MR) is 53.3 cm³/mol. The molecule has 15 heavy (non-hydrogen) atoms. The van der Waals surface area contributed by atoms with E-state index in [-0.39, 0.29) is 19.1 Å². The fraction of sp³-hybridized carbons (Fsp3) is 0.800. The van der Waals surface area contributed by atoms with Crippen molar-refractivity contribution in [3.8, 4) is 6.07 Å². The predicted octanol–water partition coefficient (Wildman–Crippen LogP) is 0.466. The zero-order valence-corrected chi connectivity index (χ0v) is 8.69. The SMILES string of the molecule is N#CCOC1CCCN(CCC(=O)O)C1. The number of hydrogen-bond acceptors (Lipinski definition) is 4. The van der Waals surface area contributed by atoms with E-state index in [1.807, 2.05) is 6.07 Å². The van der Waals surface area contributed by atoms with Gasteiger partial charge in [0.1, 0.15) is 6.61 Å². The highest BCUT2D eigenvalue weighted by molar-refractivity contribution is 5.66. The molecule has 0 spiro atoms. The Morgan fingerprint density at radius 2 is 2.47 bits per heavy atom. The van der Waals surface area contributed by atoms with E-state index in [4.69, 9.17) is 15.1 Å². The normalized spacial score (nSPS) is 22.2. The van der Waals surface area contributed by atoms with E-state index < -0.39 is 5.97 Å².